The van der Waals surface area contributed by atoms with Crippen molar-refractivity contribution in [3.8, 4) is 11.5 Å². The Balaban J connectivity index is 1.57. The molecule has 0 saturated carbocycles. The van der Waals surface area contributed by atoms with Crippen molar-refractivity contribution in [2.24, 2.45) is 0 Å². The summed E-state index contributed by atoms with van der Waals surface area (Å²) in [5.41, 5.74) is 1.84. The fraction of sp³-hybridized carbons (Fsp3) is 0.375. The highest BCUT2D eigenvalue weighted by Gasteiger charge is 2.10. The highest BCUT2D eigenvalue weighted by Crippen LogP contribution is 2.30. The van der Waals surface area contributed by atoms with Crippen molar-refractivity contribution in [1.29, 1.82) is 0 Å². The lowest BCUT2D eigenvalue weighted by Gasteiger charge is -2.19. The lowest BCUT2D eigenvalue weighted by molar-refractivity contribution is -0.116. The lowest BCUT2D eigenvalue weighted by atomic mass is 10.2. The van der Waals surface area contributed by atoms with Gasteiger partial charge in [0.1, 0.15) is 6.61 Å². The van der Waals surface area contributed by atoms with Crippen LogP contribution in [0, 0.1) is 0 Å². The largest absolute Gasteiger partial charge is 0.493 e. The normalized spacial score (nSPS) is 11.1. The van der Waals surface area contributed by atoms with Crippen LogP contribution in [0.4, 0.5) is 5.69 Å². The summed E-state index contributed by atoms with van der Waals surface area (Å²) in [7, 11) is 1.62. The topological polar surface area (TPSA) is 55.7 Å². The third-order valence-electron chi connectivity index (χ3n) is 5.27. The molecule has 0 aliphatic rings. The minimum atomic E-state index is -0.0351. The first-order chi connectivity index (χ1) is 14.6. The number of aryl methyl sites for hydroxylation is 1. The van der Waals surface area contributed by atoms with E-state index in [4.69, 9.17) is 9.47 Å². The molecule has 30 heavy (non-hydrogen) atoms. The maximum absolute atomic E-state index is 12.5. The van der Waals surface area contributed by atoms with Crippen molar-refractivity contribution in [2.45, 2.75) is 26.8 Å². The second-order valence-corrected chi connectivity index (χ2v) is 7.11. The molecule has 0 fully saturated rings. The molecule has 1 heterocycles. The standard InChI is InChI=1S/C24H31N3O3/c1-4-26(5-2)16-17-30-23-18-20(10-11-22(23)29-3)25-24(28)13-15-27-14-12-19-8-6-7-9-21(19)27/h6-12,14,18H,4-5,13,15-17H2,1-3H3,(H,25,28). The van der Waals surface area contributed by atoms with Crippen LogP contribution in [-0.2, 0) is 11.3 Å². The smallest absolute Gasteiger partial charge is 0.226 e. The van der Waals surface area contributed by atoms with E-state index >= 15 is 0 Å². The summed E-state index contributed by atoms with van der Waals surface area (Å²) in [6.45, 7) is 8.29. The van der Waals surface area contributed by atoms with Crippen molar-refractivity contribution in [3.05, 3.63) is 54.7 Å². The second-order valence-electron chi connectivity index (χ2n) is 7.11. The number of para-hydroxylation sites is 1. The summed E-state index contributed by atoms with van der Waals surface area (Å²) in [5.74, 6) is 1.26. The first-order valence-corrected chi connectivity index (χ1v) is 10.5. The predicted molar refractivity (Wildman–Crippen MR) is 121 cm³/mol. The van der Waals surface area contributed by atoms with Crippen molar-refractivity contribution in [1.82, 2.24) is 9.47 Å². The Kier molecular flexibility index (Phi) is 7.74. The summed E-state index contributed by atoms with van der Waals surface area (Å²) in [6.07, 6.45) is 2.41. The monoisotopic (exact) mass is 409 g/mol. The maximum atomic E-state index is 12.5. The molecule has 3 aromatic rings. The van der Waals surface area contributed by atoms with Crippen molar-refractivity contribution >= 4 is 22.5 Å². The molecule has 0 radical (unpaired) electrons. The number of aromatic nitrogens is 1. The number of nitrogens with zero attached hydrogens (tertiary/aromatic N) is 2. The number of anilines is 1. The van der Waals surface area contributed by atoms with Gasteiger partial charge in [-0.1, -0.05) is 32.0 Å². The fourth-order valence-electron chi connectivity index (χ4n) is 3.47. The molecule has 160 valence electrons. The van der Waals surface area contributed by atoms with Gasteiger partial charge in [0.2, 0.25) is 5.91 Å². The Morgan fingerprint density at radius 1 is 1.07 bits per heavy atom. The first kappa shape index (κ1) is 21.7. The zero-order valence-corrected chi connectivity index (χ0v) is 18.1. The number of carbonyl (C=O) groups excluding carboxylic acids is 1. The van der Waals surface area contributed by atoms with E-state index in [0.717, 1.165) is 25.2 Å². The van der Waals surface area contributed by atoms with Gasteiger partial charge in [0.05, 0.1) is 7.11 Å². The molecule has 0 aliphatic heterocycles. The molecule has 6 nitrogen and oxygen atoms in total. The third-order valence-corrected chi connectivity index (χ3v) is 5.27. The van der Waals surface area contributed by atoms with E-state index < -0.39 is 0 Å². The molecular weight excluding hydrogens is 378 g/mol. The number of nitrogens with one attached hydrogen (secondary N) is 1. The summed E-state index contributed by atoms with van der Waals surface area (Å²) in [4.78, 5) is 14.8. The van der Waals surface area contributed by atoms with Crippen molar-refractivity contribution in [3.63, 3.8) is 0 Å². The number of carbonyl (C=O) groups is 1. The van der Waals surface area contributed by atoms with E-state index in [2.05, 4.69) is 46.8 Å². The molecule has 1 N–H and O–H groups in total. The number of methoxy groups -OCH3 is 1. The summed E-state index contributed by atoms with van der Waals surface area (Å²) in [6, 6.07) is 15.7. The Hall–Kier alpha value is -2.99. The summed E-state index contributed by atoms with van der Waals surface area (Å²) >= 11 is 0. The number of likely N-dealkylation sites (N-methyl/N-ethyl adjacent to an activating group) is 1. The Morgan fingerprint density at radius 3 is 2.63 bits per heavy atom. The van der Waals surface area contributed by atoms with Gasteiger partial charge in [-0.25, -0.2) is 0 Å². The minimum absolute atomic E-state index is 0.0351. The Labute approximate surface area is 178 Å². The predicted octanol–water partition coefficient (Wildman–Crippen LogP) is 4.40. The van der Waals surface area contributed by atoms with Gasteiger partial charge in [-0.05, 0) is 42.7 Å². The summed E-state index contributed by atoms with van der Waals surface area (Å²) in [5, 5.41) is 4.15. The van der Waals surface area contributed by atoms with Gasteiger partial charge in [0.25, 0.3) is 0 Å². The molecule has 0 unspecified atom stereocenters. The van der Waals surface area contributed by atoms with Crippen LogP contribution in [0.1, 0.15) is 20.3 Å². The molecule has 0 bridgehead atoms. The molecule has 6 heteroatoms. The molecule has 2 aromatic carbocycles. The van der Waals surface area contributed by atoms with Gasteiger partial charge in [-0.2, -0.15) is 0 Å². The van der Waals surface area contributed by atoms with Crippen LogP contribution >= 0.6 is 0 Å². The van der Waals surface area contributed by atoms with Crippen LogP contribution in [0.25, 0.3) is 10.9 Å². The summed E-state index contributed by atoms with van der Waals surface area (Å²) < 4.78 is 13.4. The number of fused-ring (bicyclic) bond motifs is 1. The molecule has 0 aliphatic carbocycles. The third kappa shape index (κ3) is 5.54. The molecule has 0 saturated heterocycles. The number of amides is 1. The maximum Gasteiger partial charge on any atom is 0.226 e. The van der Waals surface area contributed by atoms with Gasteiger partial charge in [-0.15, -0.1) is 0 Å². The minimum Gasteiger partial charge on any atom is -0.493 e. The number of hydrogen-bond acceptors (Lipinski definition) is 4. The molecular formula is C24H31N3O3. The van der Waals surface area contributed by atoms with E-state index in [1.165, 1.54) is 5.39 Å². The number of rotatable bonds is 11. The van der Waals surface area contributed by atoms with E-state index in [1.54, 1.807) is 7.11 Å². The lowest BCUT2D eigenvalue weighted by Crippen LogP contribution is -2.28. The van der Waals surface area contributed by atoms with Crippen LogP contribution in [0.5, 0.6) is 11.5 Å². The number of benzene rings is 2. The van der Waals surface area contributed by atoms with Crippen LogP contribution in [-0.4, -0.2) is 48.7 Å². The van der Waals surface area contributed by atoms with Crippen LogP contribution < -0.4 is 14.8 Å². The van der Waals surface area contributed by atoms with Crippen molar-refractivity contribution < 1.29 is 14.3 Å². The van der Waals surface area contributed by atoms with Gasteiger partial charge in [-0.3, -0.25) is 4.79 Å². The zero-order chi connectivity index (χ0) is 21.3. The van der Waals surface area contributed by atoms with Crippen LogP contribution in [0.2, 0.25) is 0 Å². The average molecular weight is 410 g/mol. The highest BCUT2D eigenvalue weighted by molar-refractivity contribution is 5.91. The second kappa shape index (κ2) is 10.7. The quantitative estimate of drug-likeness (QED) is 0.510. The Morgan fingerprint density at radius 2 is 1.87 bits per heavy atom. The molecule has 3 rings (SSSR count). The molecule has 1 aromatic heterocycles. The molecule has 1 amide bonds. The number of hydrogen-bond donors (Lipinski definition) is 1. The van der Waals surface area contributed by atoms with E-state index in [1.807, 2.05) is 36.5 Å². The first-order valence-electron chi connectivity index (χ1n) is 10.5. The fourth-order valence-corrected chi connectivity index (χ4v) is 3.47. The van der Waals surface area contributed by atoms with Gasteiger partial charge in [0.15, 0.2) is 11.5 Å². The van der Waals surface area contributed by atoms with E-state index in [-0.39, 0.29) is 5.91 Å². The van der Waals surface area contributed by atoms with E-state index in [9.17, 15) is 4.79 Å². The zero-order valence-electron chi connectivity index (χ0n) is 18.1. The van der Waals surface area contributed by atoms with Gasteiger partial charge < -0.3 is 24.3 Å². The van der Waals surface area contributed by atoms with Crippen LogP contribution in [0.15, 0.2) is 54.7 Å². The Bertz CT molecular complexity index is 963. The van der Waals surface area contributed by atoms with Crippen molar-refractivity contribution in [2.75, 3.05) is 38.7 Å². The number of ether oxygens (including phenoxy) is 2. The molecule has 0 atom stereocenters. The average Bonchev–Trinajstić information content (AvgIpc) is 3.19. The SMILES string of the molecule is CCN(CC)CCOc1cc(NC(=O)CCn2ccc3ccccc32)ccc1OC. The highest BCUT2D eigenvalue weighted by atomic mass is 16.5. The van der Waals surface area contributed by atoms with Gasteiger partial charge in [0, 0.05) is 43.0 Å². The van der Waals surface area contributed by atoms with Gasteiger partial charge >= 0.3 is 0 Å². The van der Waals surface area contributed by atoms with Crippen LogP contribution in [0.3, 0.4) is 0 Å². The molecule has 0 spiro atoms. The van der Waals surface area contributed by atoms with E-state index in [0.29, 0.717) is 36.8 Å².